The molecule has 1 aliphatic heterocycles. The molecule has 160 valence electrons. The van der Waals surface area contributed by atoms with Crippen molar-refractivity contribution in [3.8, 4) is 5.75 Å². The molecule has 0 aromatic heterocycles. The number of nitrogens with zero attached hydrogens (tertiary/aromatic N) is 2. The number of hydrogen-bond donors (Lipinski definition) is 0. The summed E-state index contributed by atoms with van der Waals surface area (Å²) in [7, 11) is 1.69. The van der Waals surface area contributed by atoms with Gasteiger partial charge in [-0.2, -0.15) is 0 Å². The lowest BCUT2D eigenvalue weighted by atomic mass is 9.91. The molecule has 0 spiro atoms. The van der Waals surface area contributed by atoms with Crippen LogP contribution >= 0.6 is 11.6 Å². The minimum absolute atomic E-state index is 0.238. The maximum Gasteiger partial charge on any atom is 0.119 e. The van der Waals surface area contributed by atoms with Gasteiger partial charge in [-0.1, -0.05) is 60.1 Å². The van der Waals surface area contributed by atoms with E-state index < -0.39 is 0 Å². The molecule has 3 aromatic carbocycles. The standard InChI is InChI=1S/C27H29ClN2O/c1-20-6-3-4-9-26(20)27(22-10-12-23(28)13-11-22)30-16-14-24(15-17-30)29-19-21-7-5-8-25(18-21)31-2/h3-13,18-19,24,27H,14-17H2,1-2H3/b29-19+. The van der Waals surface area contributed by atoms with E-state index in [2.05, 4.69) is 54.3 Å². The lowest BCUT2D eigenvalue weighted by Gasteiger charge is -2.37. The van der Waals surface area contributed by atoms with E-state index in [0.29, 0.717) is 6.04 Å². The van der Waals surface area contributed by atoms with Crippen LogP contribution in [0.15, 0.2) is 77.8 Å². The molecule has 1 saturated heterocycles. The molecule has 0 bridgehead atoms. The summed E-state index contributed by atoms with van der Waals surface area (Å²) in [5.41, 5.74) is 5.06. The molecule has 1 aliphatic rings. The largest absolute Gasteiger partial charge is 0.497 e. The summed E-state index contributed by atoms with van der Waals surface area (Å²) in [6.07, 6.45) is 4.09. The molecule has 4 rings (SSSR count). The monoisotopic (exact) mass is 432 g/mol. The Bertz CT molecular complexity index is 1020. The summed E-state index contributed by atoms with van der Waals surface area (Å²) in [4.78, 5) is 7.46. The van der Waals surface area contributed by atoms with E-state index in [1.165, 1.54) is 16.7 Å². The van der Waals surface area contributed by atoms with E-state index in [1.807, 2.05) is 36.5 Å². The second-order valence-corrected chi connectivity index (χ2v) is 8.57. The maximum absolute atomic E-state index is 6.17. The minimum atomic E-state index is 0.238. The Labute approximate surface area is 190 Å². The van der Waals surface area contributed by atoms with Gasteiger partial charge >= 0.3 is 0 Å². The van der Waals surface area contributed by atoms with Gasteiger partial charge in [-0.25, -0.2) is 0 Å². The zero-order valence-corrected chi connectivity index (χ0v) is 18.9. The quantitative estimate of drug-likeness (QED) is 0.425. The Morgan fingerprint density at radius 2 is 1.74 bits per heavy atom. The highest BCUT2D eigenvalue weighted by Gasteiger charge is 2.27. The Hall–Kier alpha value is -2.62. The lowest BCUT2D eigenvalue weighted by Crippen LogP contribution is -2.38. The highest BCUT2D eigenvalue weighted by Crippen LogP contribution is 2.34. The summed E-state index contributed by atoms with van der Waals surface area (Å²) in [6, 6.07) is 25.6. The molecule has 1 unspecified atom stereocenters. The van der Waals surface area contributed by atoms with Crippen LogP contribution in [-0.2, 0) is 0 Å². The van der Waals surface area contributed by atoms with Gasteiger partial charge in [0.05, 0.1) is 19.2 Å². The van der Waals surface area contributed by atoms with Crippen LogP contribution in [0.2, 0.25) is 5.02 Å². The number of halogens is 1. The Morgan fingerprint density at radius 1 is 1.00 bits per heavy atom. The molecule has 31 heavy (non-hydrogen) atoms. The number of aryl methyl sites for hydroxylation is 1. The molecular weight excluding hydrogens is 404 g/mol. The van der Waals surface area contributed by atoms with Crippen molar-refractivity contribution in [2.45, 2.75) is 31.8 Å². The summed E-state index contributed by atoms with van der Waals surface area (Å²) >= 11 is 6.17. The summed E-state index contributed by atoms with van der Waals surface area (Å²) in [5.74, 6) is 0.864. The van der Waals surface area contributed by atoms with E-state index in [1.54, 1.807) is 7.11 Å². The molecule has 1 fully saturated rings. The van der Waals surface area contributed by atoms with E-state index in [-0.39, 0.29) is 6.04 Å². The van der Waals surface area contributed by atoms with Gasteiger partial charge in [0.2, 0.25) is 0 Å². The van der Waals surface area contributed by atoms with Crippen molar-refractivity contribution in [1.82, 2.24) is 4.90 Å². The zero-order valence-electron chi connectivity index (χ0n) is 18.2. The SMILES string of the molecule is COc1cccc(/C=N/C2CCN(C(c3ccc(Cl)cc3)c3ccccc3C)CC2)c1. The summed E-state index contributed by atoms with van der Waals surface area (Å²) in [5, 5.41) is 0.776. The number of aliphatic imine (C=N–C) groups is 1. The first-order valence-electron chi connectivity index (χ1n) is 10.9. The van der Waals surface area contributed by atoms with Crippen LogP contribution in [0.3, 0.4) is 0 Å². The normalized spacial score (nSPS) is 16.5. The predicted molar refractivity (Wildman–Crippen MR) is 130 cm³/mol. The van der Waals surface area contributed by atoms with Crippen LogP contribution in [0, 0.1) is 6.92 Å². The van der Waals surface area contributed by atoms with Crippen molar-refractivity contribution in [1.29, 1.82) is 0 Å². The fourth-order valence-corrected chi connectivity index (χ4v) is 4.46. The zero-order chi connectivity index (χ0) is 21.6. The van der Waals surface area contributed by atoms with Crippen LogP contribution in [-0.4, -0.2) is 37.4 Å². The fourth-order valence-electron chi connectivity index (χ4n) is 4.33. The molecular formula is C27H29ClN2O. The van der Waals surface area contributed by atoms with Crippen LogP contribution in [0.4, 0.5) is 0 Å². The molecule has 1 heterocycles. The summed E-state index contributed by atoms with van der Waals surface area (Å²) < 4.78 is 5.31. The molecule has 4 heteroatoms. The second kappa shape index (κ2) is 10.1. The Kier molecular flexibility index (Phi) is 7.06. The predicted octanol–water partition coefficient (Wildman–Crippen LogP) is 6.33. The van der Waals surface area contributed by atoms with Gasteiger partial charge in [0.15, 0.2) is 0 Å². The highest BCUT2D eigenvalue weighted by molar-refractivity contribution is 6.30. The highest BCUT2D eigenvalue weighted by atomic mass is 35.5. The average molecular weight is 433 g/mol. The number of hydrogen-bond acceptors (Lipinski definition) is 3. The number of piperidine rings is 1. The van der Waals surface area contributed by atoms with Crippen LogP contribution < -0.4 is 4.74 Å². The van der Waals surface area contributed by atoms with Crippen LogP contribution in [0.1, 0.15) is 41.1 Å². The van der Waals surface area contributed by atoms with Gasteiger partial charge < -0.3 is 4.74 Å². The lowest BCUT2D eigenvalue weighted by molar-refractivity contribution is 0.175. The van der Waals surface area contributed by atoms with E-state index in [0.717, 1.165) is 42.3 Å². The molecule has 0 radical (unpaired) electrons. The Morgan fingerprint density at radius 3 is 2.45 bits per heavy atom. The van der Waals surface area contributed by atoms with E-state index in [9.17, 15) is 0 Å². The van der Waals surface area contributed by atoms with Gasteiger partial charge in [-0.15, -0.1) is 0 Å². The van der Waals surface area contributed by atoms with Gasteiger partial charge in [0.25, 0.3) is 0 Å². The number of ether oxygens (including phenoxy) is 1. The number of methoxy groups -OCH3 is 1. The number of rotatable bonds is 6. The van der Waals surface area contributed by atoms with Gasteiger partial charge in [-0.3, -0.25) is 9.89 Å². The van der Waals surface area contributed by atoms with Crippen molar-refractivity contribution in [2.75, 3.05) is 20.2 Å². The van der Waals surface area contributed by atoms with Crippen molar-refractivity contribution in [2.24, 2.45) is 4.99 Å². The van der Waals surface area contributed by atoms with Crippen molar-refractivity contribution < 1.29 is 4.74 Å². The van der Waals surface area contributed by atoms with E-state index in [4.69, 9.17) is 21.3 Å². The maximum atomic E-state index is 6.17. The number of likely N-dealkylation sites (tertiary alicyclic amines) is 1. The third-order valence-corrected chi connectivity index (χ3v) is 6.31. The molecule has 3 nitrogen and oxygen atoms in total. The minimum Gasteiger partial charge on any atom is -0.497 e. The molecule has 0 aliphatic carbocycles. The first-order chi connectivity index (χ1) is 15.1. The van der Waals surface area contributed by atoms with Crippen molar-refractivity contribution in [3.05, 3.63) is 100 Å². The van der Waals surface area contributed by atoms with Gasteiger partial charge in [-0.05, 0) is 66.3 Å². The molecule has 0 N–H and O–H groups in total. The molecule has 3 aromatic rings. The second-order valence-electron chi connectivity index (χ2n) is 8.13. The van der Waals surface area contributed by atoms with Crippen LogP contribution in [0.5, 0.6) is 5.75 Å². The summed E-state index contributed by atoms with van der Waals surface area (Å²) in [6.45, 7) is 4.23. The first kappa shape index (κ1) is 21.6. The van der Waals surface area contributed by atoms with Gasteiger partial charge in [0, 0.05) is 24.3 Å². The topological polar surface area (TPSA) is 24.8 Å². The average Bonchev–Trinajstić information content (AvgIpc) is 2.81. The third kappa shape index (κ3) is 5.36. The molecule has 0 saturated carbocycles. The van der Waals surface area contributed by atoms with Crippen molar-refractivity contribution in [3.63, 3.8) is 0 Å². The number of benzene rings is 3. The smallest absolute Gasteiger partial charge is 0.119 e. The van der Waals surface area contributed by atoms with Crippen molar-refractivity contribution >= 4 is 17.8 Å². The van der Waals surface area contributed by atoms with Gasteiger partial charge in [0.1, 0.15) is 5.75 Å². The molecule has 1 atom stereocenters. The third-order valence-electron chi connectivity index (χ3n) is 6.06. The van der Waals surface area contributed by atoms with E-state index >= 15 is 0 Å². The Balaban J connectivity index is 1.49. The first-order valence-corrected chi connectivity index (χ1v) is 11.2. The van der Waals surface area contributed by atoms with Crippen LogP contribution in [0.25, 0.3) is 0 Å². The molecule has 0 amide bonds. The fraction of sp³-hybridized carbons (Fsp3) is 0.296.